The van der Waals surface area contributed by atoms with Crippen LogP contribution in [0.5, 0.6) is 0 Å². The van der Waals surface area contributed by atoms with Gasteiger partial charge in [-0.15, -0.1) is 24.8 Å². The summed E-state index contributed by atoms with van der Waals surface area (Å²) in [6.45, 7) is 1.97. The number of fused-ring (bicyclic) bond motifs is 1. The predicted molar refractivity (Wildman–Crippen MR) is 124 cm³/mol. The van der Waals surface area contributed by atoms with E-state index in [0.717, 1.165) is 22.2 Å². The summed E-state index contributed by atoms with van der Waals surface area (Å²) in [5.41, 5.74) is 8.29. The molecule has 0 saturated heterocycles. The van der Waals surface area contributed by atoms with Gasteiger partial charge in [0.05, 0.1) is 6.54 Å². The van der Waals surface area contributed by atoms with Crippen LogP contribution in [0.4, 0.5) is 4.39 Å². The second kappa shape index (κ2) is 10.6. The van der Waals surface area contributed by atoms with E-state index in [1.54, 1.807) is 18.3 Å². The van der Waals surface area contributed by atoms with Gasteiger partial charge in [-0.2, -0.15) is 0 Å². The number of aromatic nitrogens is 2. The van der Waals surface area contributed by atoms with Crippen molar-refractivity contribution in [2.24, 2.45) is 5.73 Å². The van der Waals surface area contributed by atoms with Gasteiger partial charge in [-0.3, -0.25) is 4.98 Å². The summed E-state index contributed by atoms with van der Waals surface area (Å²) in [7, 11) is -2.31. The maximum Gasteiger partial charge on any atom is 0.241 e. The van der Waals surface area contributed by atoms with E-state index in [1.165, 1.54) is 25.4 Å². The molecule has 0 aliphatic rings. The third kappa shape index (κ3) is 5.14. The Labute approximate surface area is 192 Å². The first-order valence-corrected chi connectivity index (χ1v) is 10.4. The van der Waals surface area contributed by atoms with Gasteiger partial charge in [0.1, 0.15) is 10.7 Å². The Kier molecular flexibility index (Phi) is 9.28. The van der Waals surface area contributed by atoms with Crippen molar-refractivity contribution < 1.29 is 12.8 Å². The standard InChI is InChI=1S/C19H20ClFN4O2S.2ClH/c1-12-19(13-7-16(10-24-9-13)28(26,27)23-2)17-8-14(20)3-4-18(17)25(12)11-15(21)5-6-22;;/h3-5,7-10,23H,6,11,22H2,1-2H3;2*1H/b15-5-;;. The lowest BCUT2D eigenvalue weighted by molar-refractivity contribution is 0.555. The fourth-order valence-corrected chi connectivity index (χ4v) is 4.08. The highest BCUT2D eigenvalue weighted by molar-refractivity contribution is 7.89. The van der Waals surface area contributed by atoms with Crippen LogP contribution in [-0.4, -0.2) is 31.6 Å². The predicted octanol–water partition coefficient (Wildman–Crippen LogP) is 4.23. The second-order valence-corrected chi connectivity index (χ2v) is 8.53. The van der Waals surface area contributed by atoms with Crippen LogP contribution in [0.15, 0.2) is 53.5 Å². The summed E-state index contributed by atoms with van der Waals surface area (Å²) in [5, 5.41) is 1.31. The summed E-state index contributed by atoms with van der Waals surface area (Å²) < 4.78 is 42.6. The number of pyridine rings is 1. The van der Waals surface area contributed by atoms with Crippen LogP contribution < -0.4 is 10.5 Å². The SMILES string of the molecule is CNS(=O)(=O)c1cncc(-c2c(C)n(C/C(F)=C/CN)c3ccc(Cl)cc23)c1.Cl.Cl. The first-order valence-electron chi connectivity index (χ1n) is 8.50. The van der Waals surface area contributed by atoms with Gasteiger partial charge in [0.25, 0.3) is 0 Å². The molecule has 0 aliphatic carbocycles. The molecule has 3 N–H and O–H groups in total. The molecule has 11 heteroatoms. The van der Waals surface area contributed by atoms with E-state index < -0.39 is 10.0 Å². The number of nitrogens with two attached hydrogens (primary N) is 1. The molecule has 0 unspecified atom stereocenters. The number of benzene rings is 1. The van der Waals surface area contributed by atoms with Gasteiger partial charge in [0, 0.05) is 51.7 Å². The van der Waals surface area contributed by atoms with E-state index in [9.17, 15) is 12.8 Å². The van der Waals surface area contributed by atoms with Crippen molar-refractivity contribution in [3.63, 3.8) is 0 Å². The average Bonchev–Trinajstić information content (AvgIpc) is 2.93. The maximum atomic E-state index is 14.2. The number of hydrogen-bond donors (Lipinski definition) is 2. The van der Waals surface area contributed by atoms with E-state index in [4.69, 9.17) is 17.3 Å². The molecule has 164 valence electrons. The van der Waals surface area contributed by atoms with Crippen molar-refractivity contribution in [2.75, 3.05) is 13.6 Å². The van der Waals surface area contributed by atoms with E-state index >= 15 is 0 Å². The van der Waals surface area contributed by atoms with Gasteiger partial charge in [-0.25, -0.2) is 17.5 Å². The zero-order valence-electron chi connectivity index (χ0n) is 16.2. The van der Waals surface area contributed by atoms with Crippen LogP contribution >= 0.6 is 36.4 Å². The monoisotopic (exact) mass is 494 g/mol. The van der Waals surface area contributed by atoms with Crippen molar-refractivity contribution in [1.82, 2.24) is 14.3 Å². The molecule has 0 bridgehead atoms. The molecule has 2 heterocycles. The fourth-order valence-electron chi connectivity index (χ4n) is 3.19. The lowest BCUT2D eigenvalue weighted by atomic mass is 10.0. The molecule has 0 amide bonds. The Hall–Kier alpha value is -1.68. The van der Waals surface area contributed by atoms with Crippen LogP contribution in [0.1, 0.15) is 5.69 Å². The summed E-state index contributed by atoms with van der Waals surface area (Å²) in [6, 6.07) is 6.86. The number of halogens is 4. The molecular formula is C19H22Cl3FN4O2S. The largest absolute Gasteiger partial charge is 0.337 e. The molecule has 3 rings (SSSR count). The fraction of sp³-hybridized carbons (Fsp3) is 0.211. The molecule has 3 aromatic rings. The molecule has 1 aromatic carbocycles. The van der Waals surface area contributed by atoms with Crippen molar-refractivity contribution in [2.45, 2.75) is 18.4 Å². The minimum atomic E-state index is -3.65. The second-order valence-electron chi connectivity index (χ2n) is 6.21. The highest BCUT2D eigenvalue weighted by atomic mass is 35.5. The Balaban J connectivity index is 0.00000225. The first-order chi connectivity index (χ1) is 13.3. The molecule has 0 saturated carbocycles. The Morgan fingerprint density at radius 1 is 1.30 bits per heavy atom. The van der Waals surface area contributed by atoms with Crippen LogP contribution in [0.2, 0.25) is 5.02 Å². The summed E-state index contributed by atoms with van der Waals surface area (Å²) in [4.78, 5) is 4.13. The number of allylic oxidation sites excluding steroid dienone is 1. The third-order valence-corrected chi connectivity index (χ3v) is 6.13. The van der Waals surface area contributed by atoms with Crippen molar-refractivity contribution in [3.05, 3.63) is 59.3 Å². The van der Waals surface area contributed by atoms with Gasteiger partial charge in [0.2, 0.25) is 10.0 Å². The molecule has 0 fully saturated rings. The summed E-state index contributed by atoms with van der Waals surface area (Å²) in [5.74, 6) is -0.353. The number of hydrogen-bond acceptors (Lipinski definition) is 4. The van der Waals surface area contributed by atoms with Crippen LogP contribution in [-0.2, 0) is 16.6 Å². The van der Waals surface area contributed by atoms with Crippen LogP contribution in [0.3, 0.4) is 0 Å². The molecule has 0 spiro atoms. The lowest BCUT2D eigenvalue weighted by Gasteiger charge is -2.08. The van der Waals surface area contributed by atoms with Crippen molar-refractivity contribution >= 4 is 57.3 Å². The first kappa shape index (κ1) is 26.4. The Bertz CT molecular complexity index is 1180. The van der Waals surface area contributed by atoms with Crippen molar-refractivity contribution in [3.8, 4) is 11.1 Å². The van der Waals surface area contributed by atoms with Gasteiger partial charge in [-0.1, -0.05) is 11.6 Å². The third-order valence-electron chi connectivity index (χ3n) is 4.51. The maximum absolute atomic E-state index is 14.2. The van der Waals surface area contributed by atoms with Crippen LogP contribution in [0.25, 0.3) is 22.0 Å². The highest BCUT2D eigenvalue weighted by Crippen LogP contribution is 2.37. The average molecular weight is 496 g/mol. The molecule has 0 radical (unpaired) electrons. The van der Waals surface area contributed by atoms with E-state index in [-0.39, 0.29) is 48.6 Å². The van der Waals surface area contributed by atoms with E-state index in [0.29, 0.717) is 10.6 Å². The number of nitrogens with zero attached hydrogens (tertiary/aromatic N) is 2. The Morgan fingerprint density at radius 3 is 2.63 bits per heavy atom. The van der Waals surface area contributed by atoms with Gasteiger partial charge in [-0.05, 0) is 44.3 Å². The molecule has 2 aromatic heterocycles. The molecule has 6 nitrogen and oxygen atoms in total. The molecule has 0 atom stereocenters. The van der Waals surface area contributed by atoms with Gasteiger partial charge in [0.15, 0.2) is 0 Å². The highest BCUT2D eigenvalue weighted by Gasteiger charge is 2.19. The van der Waals surface area contributed by atoms with Crippen LogP contribution in [0, 0.1) is 6.92 Å². The zero-order chi connectivity index (χ0) is 20.5. The Morgan fingerprint density at radius 2 is 2.00 bits per heavy atom. The minimum Gasteiger partial charge on any atom is -0.337 e. The quantitative estimate of drug-likeness (QED) is 0.535. The molecule has 30 heavy (non-hydrogen) atoms. The number of rotatable bonds is 6. The van der Waals surface area contributed by atoms with Gasteiger partial charge >= 0.3 is 0 Å². The normalized spacial score (nSPS) is 11.8. The smallest absolute Gasteiger partial charge is 0.241 e. The van der Waals surface area contributed by atoms with E-state index in [2.05, 4.69) is 9.71 Å². The van der Waals surface area contributed by atoms with Gasteiger partial charge < -0.3 is 10.3 Å². The van der Waals surface area contributed by atoms with Crippen molar-refractivity contribution in [1.29, 1.82) is 0 Å². The lowest BCUT2D eigenvalue weighted by Crippen LogP contribution is -2.18. The zero-order valence-corrected chi connectivity index (χ0v) is 19.4. The molecular weight excluding hydrogens is 474 g/mol. The summed E-state index contributed by atoms with van der Waals surface area (Å²) in [6.07, 6.45) is 4.18. The topological polar surface area (TPSA) is 90.0 Å². The minimum absolute atomic E-state index is 0. The summed E-state index contributed by atoms with van der Waals surface area (Å²) >= 11 is 6.19. The van der Waals surface area contributed by atoms with E-state index in [1.807, 2.05) is 17.6 Å². The number of nitrogens with one attached hydrogen (secondary N) is 1. The number of sulfonamides is 1. The molecule has 0 aliphatic heterocycles.